The fourth-order valence-corrected chi connectivity index (χ4v) is 2.60. The van der Waals surface area contributed by atoms with Crippen LogP contribution in [-0.2, 0) is 6.42 Å². The van der Waals surface area contributed by atoms with Crippen LogP contribution in [0.15, 0.2) is 18.2 Å². The van der Waals surface area contributed by atoms with Crippen molar-refractivity contribution in [2.45, 2.75) is 32.1 Å². The van der Waals surface area contributed by atoms with Crippen molar-refractivity contribution in [1.82, 2.24) is 0 Å². The Morgan fingerprint density at radius 3 is 2.50 bits per heavy atom. The largest absolute Gasteiger partial charge is 0.396 e. The lowest BCUT2D eigenvalue weighted by Crippen LogP contribution is -2.24. The van der Waals surface area contributed by atoms with Gasteiger partial charge < -0.3 is 5.11 Å². The van der Waals surface area contributed by atoms with Crippen molar-refractivity contribution < 1.29 is 13.9 Å². The maximum absolute atomic E-state index is 13.5. The number of halogens is 2. The Balaban J connectivity index is 2.21. The van der Waals surface area contributed by atoms with Gasteiger partial charge in [0.1, 0.15) is 11.6 Å². The van der Waals surface area contributed by atoms with Crippen molar-refractivity contribution in [2.24, 2.45) is 5.41 Å². The molecule has 0 radical (unpaired) electrons. The molecule has 0 aliphatic heterocycles. The van der Waals surface area contributed by atoms with Gasteiger partial charge in [-0.15, -0.1) is 0 Å². The van der Waals surface area contributed by atoms with Crippen molar-refractivity contribution in [3.8, 4) is 0 Å². The first kappa shape index (κ1) is 11.5. The summed E-state index contributed by atoms with van der Waals surface area (Å²) >= 11 is 0. The molecule has 0 amide bonds. The lowest BCUT2D eigenvalue weighted by atomic mass is 9.81. The number of aliphatic hydroxyl groups excluding tert-OH is 1. The van der Waals surface area contributed by atoms with E-state index in [4.69, 9.17) is 0 Å². The third-order valence-electron chi connectivity index (χ3n) is 3.57. The average molecular weight is 226 g/mol. The molecule has 1 fully saturated rings. The van der Waals surface area contributed by atoms with Gasteiger partial charge in [0.25, 0.3) is 0 Å². The van der Waals surface area contributed by atoms with E-state index >= 15 is 0 Å². The van der Waals surface area contributed by atoms with Crippen molar-refractivity contribution in [2.75, 3.05) is 6.61 Å². The number of hydrogen-bond donors (Lipinski definition) is 1. The summed E-state index contributed by atoms with van der Waals surface area (Å²) in [7, 11) is 0. The molecule has 1 aromatic rings. The van der Waals surface area contributed by atoms with Gasteiger partial charge in [0.05, 0.1) is 0 Å². The van der Waals surface area contributed by atoms with E-state index in [1.165, 1.54) is 6.07 Å². The van der Waals surface area contributed by atoms with Crippen LogP contribution >= 0.6 is 0 Å². The highest BCUT2D eigenvalue weighted by Gasteiger charge is 2.34. The highest BCUT2D eigenvalue weighted by Crippen LogP contribution is 2.40. The van der Waals surface area contributed by atoms with Gasteiger partial charge in [-0.25, -0.2) is 8.78 Å². The molecule has 1 aromatic carbocycles. The molecule has 1 aliphatic rings. The Morgan fingerprint density at radius 2 is 1.88 bits per heavy atom. The van der Waals surface area contributed by atoms with Gasteiger partial charge in [-0.2, -0.15) is 0 Å². The van der Waals surface area contributed by atoms with Crippen LogP contribution < -0.4 is 0 Å². The molecule has 0 saturated heterocycles. The van der Waals surface area contributed by atoms with Gasteiger partial charge in [-0.3, -0.25) is 0 Å². The average Bonchev–Trinajstić information content (AvgIpc) is 2.73. The van der Waals surface area contributed by atoms with Crippen LogP contribution in [0.25, 0.3) is 0 Å². The zero-order valence-electron chi connectivity index (χ0n) is 9.18. The van der Waals surface area contributed by atoms with Crippen LogP contribution in [0, 0.1) is 17.0 Å². The summed E-state index contributed by atoms with van der Waals surface area (Å²) in [4.78, 5) is 0. The first-order valence-electron chi connectivity index (χ1n) is 5.70. The topological polar surface area (TPSA) is 20.2 Å². The summed E-state index contributed by atoms with van der Waals surface area (Å²) < 4.78 is 26.5. The molecular formula is C13H16F2O. The van der Waals surface area contributed by atoms with Gasteiger partial charge in [0, 0.05) is 6.61 Å². The lowest BCUT2D eigenvalue weighted by molar-refractivity contribution is 0.129. The predicted octanol–water partition coefficient (Wildman–Crippen LogP) is 3.06. The van der Waals surface area contributed by atoms with Gasteiger partial charge >= 0.3 is 0 Å². The molecule has 0 spiro atoms. The second kappa shape index (κ2) is 4.50. The molecule has 2 rings (SSSR count). The van der Waals surface area contributed by atoms with Crippen LogP contribution in [0.1, 0.15) is 31.2 Å². The van der Waals surface area contributed by atoms with Gasteiger partial charge in [-0.05, 0) is 48.4 Å². The Morgan fingerprint density at radius 1 is 1.19 bits per heavy atom. The zero-order chi connectivity index (χ0) is 11.6. The second-order valence-electron chi connectivity index (χ2n) is 4.78. The molecule has 1 N–H and O–H groups in total. The molecule has 1 aliphatic carbocycles. The van der Waals surface area contributed by atoms with Crippen LogP contribution in [0.4, 0.5) is 8.78 Å². The Hall–Kier alpha value is -0.960. The maximum atomic E-state index is 13.5. The molecule has 0 bridgehead atoms. The van der Waals surface area contributed by atoms with E-state index in [0.29, 0.717) is 12.0 Å². The highest BCUT2D eigenvalue weighted by atomic mass is 19.1. The molecule has 0 unspecified atom stereocenters. The first-order chi connectivity index (χ1) is 7.65. The van der Waals surface area contributed by atoms with E-state index in [1.54, 1.807) is 0 Å². The predicted molar refractivity (Wildman–Crippen MR) is 58.0 cm³/mol. The third kappa shape index (κ3) is 2.24. The summed E-state index contributed by atoms with van der Waals surface area (Å²) in [6.07, 6.45) is 4.38. The van der Waals surface area contributed by atoms with E-state index in [-0.39, 0.29) is 17.8 Å². The van der Waals surface area contributed by atoms with Crippen LogP contribution in [0.5, 0.6) is 0 Å². The fraction of sp³-hybridized carbons (Fsp3) is 0.538. The summed E-state index contributed by atoms with van der Waals surface area (Å²) in [5.41, 5.74) is 0.158. The smallest absolute Gasteiger partial charge is 0.126 e. The standard InChI is InChI=1S/C13H16F2O/c14-11-3-4-12(15)10(7-11)8-13(9-16)5-1-2-6-13/h3-4,7,16H,1-2,5-6,8-9H2. The molecular weight excluding hydrogens is 210 g/mol. The number of hydrogen-bond acceptors (Lipinski definition) is 1. The summed E-state index contributed by atoms with van der Waals surface area (Å²) in [5.74, 6) is -0.788. The Bertz CT molecular complexity index is 370. The summed E-state index contributed by atoms with van der Waals surface area (Å²) in [5, 5.41) is 9.42. The molecule has 0 atom stereocenters. The lowest BCUT2D eigenvalue weighted by Gasteiger charge is -2.26. The number of aliphatic hydroxyl groups is 1. The SMILES string of the molecule is OCC1(Cc2cc(F)ccc2F)CCCC1. The molecule has 88 valence electrons. The molecule has 3 heteroatoms. The van der Waals surface area contributed by atoms with Crippen molar-refractivity contribution in [3.05, 3.63) is 35.4 Å². The second-order valence-corrected chi connectivity index (χ2v) is 4.78. The van der Waals surface area contributed by atoms with Gasteiger partial charge in [-0.1, -0.05) is 12.8 Å². The van der Waals surface area contributed by atoms with Crippen molar-refractivity contribution in [1.29, 1.82) is 0 Å². The van der Waals surface area contributed by atoms with Crippen LogP contribution in [0.2, 0.25) is 0 Å². The molecule has 0 aromatic heterocycles. The monoisotopic (exact) mass is 226 g/mol. The van der Waals surface area contributed by atoms with E-state index < -0.39 is 5.82 Å². The van der Waals surface area contributed by atoms with E-state index in [0.717, 1.165) is 37.8 Å². The highest BCUT2D eigenvalue weighted by molar-refractivity contribution is 5.20. The molecule has 0 heterocycles. The van der Waals surface area contributed by atoms with Gasteiger partial charge in [0.2, 0.25) is 0 Å². The van der Waals surface area contributed by atoms with Crippen LogP contribution in [0.3, 0.4) is 0 Å². The first-order valence-corrected chi connectivity index (χ1v) is 5.70. The minimum absolute atomic E-state index is 0.0585. The summed E-state index contributed by atoms with van der Waals surface area (Å²) in [6.45, 7) is 0.0585. The normalized spacial score (nSPS) is 18.9. The summed E-state index contributed by atoms with van der Waals surface area (Å²) in [6, 6.07) is 3.52. The molecule has 16 heavy (non-hydrogen) atoms. The zero-order valence-corrected chi connectivity index (χ0v) is 9.18. The number of benzene rings is 1. The minimum atomic E-state index is -0.414. The molecule has 1 saturated carbocycles. The fourth-order valence-electron chi connectivity index (χ4n) is 2.60. The molecule has 1 nitrogen and oxygen atoms in total. The van der Waals surface area contributed by atoms with Crippen LogP contribution in [-0.4, -0.2) is 11.7 Å². The van der Waals surface area contributed by atoms with Gasteiger partial charge in [0.15, 0.2) is 0 Å². The van der Waals surface area contributed by atoms with E-state index in [9.17, 15) is 13.9 Å². The number of rotatable bonds is 3. The Kier molecular flexibility index (Phi) is 3.24. The van der Waals surface area contributed by atoms with E-state index in [2.05, 4.69) is 0 Å². The quantitative estimate of drug-likeness (QED) is 0.839. The van der Waals surface area contributed by atoms with E-state index in [1.807, 2.05) is 0 Å². The van der Waals surface area contributed by atoms with Crippen molar-refractivity contribution >= 4 is 0 Å². The Labute approximate surface area is 94.1 Å². The third-order valence-corrected chi connectivity index (χ3v) is 3.57. The maximum Gasteiger partial charge on any atom is 0.126 e. The minimum Gasteiger partial charge on any atom is -0.396 e. The van der Waals surface area contributed by atoms with Crippen molar-refractivity contribution in [3.63, 3.8) is 0 Å².